The van der Waals surface area contributed by atoms with Gasteiger partial charge in [0.15, 0.2) is 11.5 Å². The second-order valence-corrected chi connectivity index (χ2v) is 7.10. The minimum Gasteiger partial charge on any atom is -0.493 e. The van der Waals surface area contributed by atoms with Crippen molar-refractivity contribution in [3.63, 3.8) is 0 Å². The molecule has 1 atom stereocenters. The first-order valence-corrected chi connectivity index (χ1v) is 8.73. The summed E-state index contributed by atoms with van der Waals surface area (Å²) in [6, 6.07) is 10.1. The zero-order chi connectivity index (χ0) is 17.7. The lowest BCUT2D eigenvalue weighted by Crippen LogP contribution is -2.31. The second-order valence-electron chi connectivity index (χ2n) is 7.10. The summed E-state index contributed by atoms with van der Waals surface area (Å²) in [5.41, 5.74) is 8.46. The van der Waals surface area contributed by atoms with Gasteiger partial charge in [0, 0.05) is 25.5 Å². The Kier molecular flexibility index (Phi) is 5.56. The van der Waals surface area contributed by atoms with Crippen LogP contribution >= 0.6 is 0 Å². The number of pyridine rings is 1. The summed E-state index contributed by atoms with van der Waals surface area (Å²) < 4.78 is 11.4. The van der Waals surface area contributed by atoms with Crippen molar-refractivity contribution in [1.29, 1.82) is 0 Å². The smallest absolute Gasteiger partial charge is 0.161 e. The third-order valence-corrected chi connectivity index (χ3v) is 4.91. The summed E-state index contributed by atoms with van der Waals surface area (Å²) in [5.74, 6) is 1.53. The molecule has 1 unspecified atom stereocenters. The van der Waals surface area contributed by atoms with Crippen LogP contribution < -0.4 is 15.2 Å². The lowest BCUT2D eigenvalue weighted by atomic mass is 9.90. The van der Waals surface area contributed by atoms with Crippen LogP contribution in [0.25, 0.3) is 0 Å². The Bertz CT molecular complexity index is 693. The molecule has 3 rings (SSSR count). The topological polar surface area (TPSA) is 60.6 Å². The van der Waals surface area contributed by atoms with E-state index in [2.05, 4.69) is 28.9 Å². The predicted octanol–water partition coefficient (Wildman–Crippen LogP) is 2.84. The first kappa shape index (κ1) is 17.7. The molecule has 0 amide bonds. The van der Waals surface area contributed by atoms with Crippen molar-refractivity contribution in [3.05, 3.63) is 53.9 Å². The van der Waals surface area contributed by atoms with Gasteiger partial charge in [-0.1, -0.05) is 13.0 Å². The maximum absolute atomic E-state index is 5.91. The van der Waals surface area contributed by atoms with E-state index in [0.717, 1.165) is 49.7 Å². The zero-order valence-electron chi connectivity index (χ0n) is 15.1. The Morgan fingerprint density at radius 2 is 1.96 bits per heavy atom. The summed E-state index contributed by atoms with van der Waals surface area (Å²) in [4.78, 5) is 6.48. The minimum atomic E-state index is 0.248. The van der Waals surface area contributed by atoms with Gasteiger partial charge in [0.25, 0.3) is 0 Å². The van der Waals surface area contributed by atoms with E-state index in [-0.39, 0.29) is 5.41 Å². The largest absolute Gasteiger partial charge is 0.493 e. The average molecular weight is 341 g/mol. The summed E-state index contributed by atoms with van der Waals surface area (Å²) >= 11 is 0. The molecule has 2 N–H and O–H groups in total. The van der Waals surface area contributed by atoms with E-state index in [0.29, 0.717) is 6.61 Å². The Hall–Kier alpha value is -2.11. The van der Waals surface area contributed by atoms with E-state index in [4.69, 9.17) is 15.2 Å². The van der Waals surface area contributed by atoms with Gasteiger partial charge in [-0.25, -0.2) is 0 Å². The van der Waals surface area contributed by atoms with Crippen LogP contribution in [0.2, 0.25) is 0 Å². The van der Waals surface area contributed by atoms with E-state index in [1.807, 2.05) is 18.2 Å². The van der Waals surface area contributed by atoms with Crippen molar-refractivity contribution >= 4 is 0 Å². The molecule has 1 fully saturated rings. The standard InChI is InChI=1S/C20H27N3O2/c1-20(14-21)7-10-23(15-20)12-17-3-4-18(19(11-17)24-2)25-13-16-5-8-22-9-6-16/h3-6,8-9,11H,7,10,12-15,21H2,1-2H3. The van der Waals surface area contributed by atoms with Crippen molar-refractivity contribution in [2.45, 2.75) is 26.5 Å². The number of ether oxygens (including phenoxy) is 2. The number of rotatable bonds is 7. The van der Waals surface area contributed by atoms with E-state index < -0.39 is 0 Å². The Morgan fingerprint density at radius 3 is 2.64 bits per heavy atom. The van der Waals surface area contributed by atoms with Crippen LogP contribution in [0.3, 0.4) is 0 Å². The van der Waals surface area contributed by atoms with E-state index in [9.17, 15) is 0 Å². The fourth-order valence-corrected chi connectivity index (χ4v) is 3.26. The van der Waals surface area contributed by atoms with Gasteiger partial charge in [-0.3, -0.25) is 9.88 Å². The van der Waals surface area contributed by atoms with Gasteiger partial charge < -0.3 is 15.2 Å². The number of hydrogen-bond donors (Lipinski definition) is 1. The molecule has 2 aromatic rings. The van der Waals surface area contributed by atoms with Crippen molar-refractivity contribution in [3.8, 4) is 11.5 Å². The molecule has 1 saturated heterocycles. The van der Waals surface area contributed by atoms with Crippen LogP contribution in [-0.2, 0) is 13.2 Å². The molecular formula is C20H27N3O2. The fraction of sp³-hybridized carbons (Fsp3) is 0.450. The lowest BCUT2D eigenvalue weighted by molar-refractivity contribution is 0.271. The Morgan fingerprint density at radius 1 is 1.16 bits per heavy atom. The average Bonchev–Trinajstić information content (AvgIpc) is 3.03. The molecule has 0 bridgehead atoms. The molecule has 0 aliphatic carbocycles. The molecule has 5 nitrogen and oxygen atoms in total. The molecule has 1 aromatic carbocycles. The fourth-order valence-electron chi connectivity index (χ4n) is 3.26. The second kappa shape index (κ2) is 7.85. The molecule has 0 spiro atoms. The summed E-state index contributed by atoms with van der Waals surface area (Å²) in [6.45, 7) is 6.57. The highest BCUT2D eigenvalue weighted by Gasteiger charge is 2.32. The van der Waals surface area contributed by atoms with Crippen LogP contribution in [0.4, 0.5) is 0 Å². The Balaban J connectivity index is 1.63. The number of benzene rings is 1. The monoisotopic (exact) mass is 341 g/mol. The normalized spacial score (nSPS) is 20.6. The highest BCUT2D eigenvalue weighted by Crippen LogP contribution is 2.32. The summed E-state index contributed by atoms with van der Waals surface area (Å²) in [7, 11) is 1.68. The number of likely N-dealkylation sites (tertiary alicyclic amines) is 1. The summed E-state index contributed by atoms with van der Waals surface area (Å²) in [5, 5.41) is 0. The van der Waals surface area contributed by atoms with Gasteiger partial charge >= 0.3 is 0 Å². The van der Waals surface area contributed by atoms with Crippen LogP contribution in [0.15, 0.2) is 42.7 Å². The molecule has 2 heterocycles. The number of aromatic nitrogens is 1. The van der Waals surface area contributed by atoms with Crippen molar-refractivity contribution in [2.24, 2.45) is 11.1 Å². The van der Waals surface area contributed by atoms with Gasteiger partial charge in [0.2, 0.25) is 0 Å². The van der Waals surface area contributed by atoms with Gasteiger partial charge in [-0.15, -0.1) is 0 Å². The van der Waals surface area contributed by atoms with Crippen molar-refractivity contribution in [1.82, 2.24) is 9.88 Å². The number of methoxy groups -OCH3 is 1. The van der Waals surface area contributed by atoms with Crippen LogP contribution in [0.1, 0.15) is 24.5 Å². The van der Waals surface area contributed by atoms with Crippen molar-refractivity contribution in [2.75, 3.05) is 26.7 Å². The molecule has 1 aliphatic rings. The highest BCUT2D eigenvalue weighted by atomic mass is 16.5. The van der Waals surface area contributed by atoms with Crippen LogP contribution in [0.5, 0.6) is 11.5 Å². The molecule has 25 heavy (non-hydrogen) atoms. The van der Waals surface area contributed by atoms with E-state index in [1.165, 1.54) is 5.56 Å². The van der Waals surface area contributed by atoms with Gasteiger partial charge in [-0.2, -0.15) is 0 Å². The Labute approximate surface area is 149 Å². The third kappa shape index (κ3) is 4.50. The van der Waals surface area contributed by atoms with Gasteiger partial charge in [-0.05, 0) is 60.3 Å². The van der Waals surface area contributed by atoms with Gasteiger partial charge in [0.05, 0.1) is 7.11 Å². The van der Waals surface area contributed by atoms with E-state index in [1.54, 1.807) is 19.5 Å². The zero-order valence-corrected chi connectivity index (χ0v) is 15.1. The maximum Gasteiger partial charge on any atom is 0.161 e. The molecule has 0 saturated carbocycles. The first-order valence-electron chi connectivity index (χ1n) is 8.73. The van der Waals surface area contributed by atoms with E-state index >= 15 is 0 Å². The molecule has 1 aromatic heterocycles. The number of nitrogens with two attached hydrogens (primary N) is 1. The number of nitrogens with zero attached hydrogens (tertiary/aromatic N) is 2. The highest BCUT2D eigenvalue weighted by molar-refractivity contribution is 5.43. The SMILES string of the molecule is COc1cc(CN2CCC(C)(CN)C2)ccc1OCc1ccncc1. The molecule has 1 aliphatic heterocycles. The molecule has 0 radical (unpaired) electrons. The number of hydrogen-bond acceptors (Lipinski definition) is 5. The molecule has 5 heteroatoms. The molecule has 134 valence electrons. The molecular weight excluding hydrogens is 314 g/mol. The first-order chi connectivity index (χ1) is 12.1. The third-order valence-electron chi connectivity index (χ3n) is 4.91. The van der Waals surface area contributed by atoms with Crippen molar-refractivity contribution < 1.29 is 9.47 Å². The van der Waals surface area contributed by atoms with Crippen LogP contribution in [0, 0.1) is 5.41 Å². The lowest BCUT2D eigenvalue weighted by Gasteiger charge is -2.23. The maximum atomic E-state index is 5.91. The van der Waals surface area contributed by atoms with Crippen LogP contribution in [-0.4, -0.2) is 36.6 Å². The quantitative estimate of drug-likeness (QED) is 0.839. The summed E-state index contributed by atoms with van der Waals surface area (Å²) in [6.07, 6.45) is 4.70. The predicted molar refractivity (Wildman–Crippen MR) is 98.6 cm³/mol. The minimum absolute atomic E-state index is 0.248. The van der Waals surface area contributed by atoms with Gasteiger partial charge in [0.1, 0.15) is 6.61 Å².